The van der Waals surface area contributed by atoms with Crippen molar-refractivity contribution in [2.24, 2.45) is 5.73 Å². The number of rotatable bonds is 3. The number of hydrogen-bond donors (Lipinski definition) is 2. The molecule has 0 spiro atoms. The van der Waals surface area contributed by atoms with Crippen LogP contribution in [0.15, 0.2) is 29.2 Å². The number of hydrogen-bond acceptors (Lipinski definition) is 5. The van der Waals surface area contributed by atoms with Gasteiger partial charge in [-0.05, 0) is 17.7 Å². The van der Waals surface area contributed by atoms with E-state index in [9.17, 15) is 8.42 Å². The molecule has 1 aliphatic rings. The predicted octanol–water partition coefficient (Wildman–Crippen LogP) is -0.135. The van der Waals surface area contributed by atoms with Crippen LogP contribution in [0.2, 0.25) is 0 Å². The van der Waals surface area contributed by atoms with Gasteiger partial charge < -0.3 is 15.8 Å². The summed E-state index contributed by atoms with van der Waals surface area (Å²) in [4.78, 5) is 0.272. The standard InChI is InChI=1S/C11H16N2O3S/c12-7-9-2-1-3-10(6-9)17(14,15)11-8-13-4-5-16-11/h1-3,6,11,13H,4-5,7-8,12H2. The fraction of sp³-hybridized carbons (Fsp3) is 0.455. The Kier molecular flexibility index (Phi) is 3.78. The second-order valence-electron chi connectivity index (χ2n) is 3.90. The Hall–Kier alpha value is -0.950. The SMILES string of the molecule is NCc1cccc(S(=O)(=O)C2CNCCO2)c1. The second kappa shape index (κ2) is 5.14. The Bertz CT molecular complexity index is 481. The van der Waals surface area contributed by atoms with Crippen molar-refractivity contribution in [1.29, 1.82) is 0 Å². The number of nitrogens with one attached hydrogen (secondary N) is 1. The lowest BCUT2D eigenvalue weighted by Gasteiger charge is -2.23. The van der Waals surface area contributed by atoms with Crippen LogP contribution in [-0.4, -0.2) is 33.6 Å². The van der Waals surface area contributed by atoms with Gasteiger partial charge in [-0.1, -0.05) is 12.1 Å². The van der Waals surface area contributed by atoms with Gasteiger partial charge in [0.05, 0.1) is 11.5 Å². The Morgan fingerprint density at radius 3 is 2.94 bits per heavy atom. The zero-order valence-electron chi connectivity index (χ0n) is 9.43. The van der Waals surface area contributed by atoms with Crippen LogP contribution in [0.5, 0.6) is 0 Å². The lowest BCUT2D eigenvalue weighted by atomic mass is 10.2. The maximum Gasteiger partial charge on any atom is 0.206 e. The summed E-state index contributed by atoms with van der Waals surface area (Å²) in [7, 11) is -3.43. The first-order valence-electron chi connectivity index (χ1n) is 5.50. The summed E-state index contributed by atoms with van der Waals surface area (Å²) in [6, 6.07) is 6.68. The van der Waals surface area contributed by atoms with Crippen molar-refractivity contribution in [3.05, 3.63) is 29.8 Å². The maximum absolute atomic E-state index is 12.2. The minimum atomic E-state index is -3.43. The summed E-state index contributed by atoms with van der Waals surface area (Å²) in [6.07, 6.45) is 0. The Balaban J connectivity index is 2.29. The van der Waals surface area contributed by atoms with Crippen molar-refractivity contribution in [1.82, 2.24) is 5.32 Å². The highest BCUT2D eigenvalue weighted by molar-refractivity contribution is 7.92. The lowest BCUT2D eigenvalue weighted by molar-refractivity contribution is 0.0785. The molecule has 2 rings (SSSR count). The van der Waals surface area contributed by atoms with Crippen molar-refractivity contribution in [2.45, 2.75) is 16.9 Å². The summed E-state index contributed by atoms with van der Waals surface area (Å²) >= 11 is 0. The zero-order valence-corrected chi connectivity index (χ0v) is 10.2. The molecule has 3 N–H and O–H groups in total. The molecule has 5 nitrogen and oxygen atoms in total. The van der Waals surface area contributed by atoms with Crippen LogP contribution in [0.1, 0.15) is 5.56 Å². The first kappa shape index (κ1) is 12.5. The van der Waals surface area contributed by atoms with Crippen molar-refractivity contribution >= 4 is 9.84 Å². The quantitative estimate of drug-likeness (QED) is 0.787. The highest BCUT2D eigenvalue weighted by atomic mass is 32.2. The van der Waals surface area contributed by atoms with Crippen LogP contribution in [0.25, 0.3) is 0 Å². The van der Waals surface area contributed by atoms with Gasteiger partial charge in [-0.15, -0.1) is 0 Å². The molecule has 17 heavy (non-hydrogen) atoms. The van der Waals surface area contributed by atoms with Gasteiger partial charge in [-0.25, -0.2) is 8.42 Å². The molecule has 6 heteroatoms. The van der Waals surface area contributed by atoms with E-state index in [1.165, 1.54) is 0 Å². The summed E-state index contributed by atoms with van der Waals surface area (Å²) in [5.74, 6) is 0. The second-order valence-corrected chi connectivity index (χ2v) is 5.99. The third-order valence-corrected chi connectivity index (χ3v) is 4.61. The van der Waals surface area contributed by atoms with Gasteiger partial charge in [0.25, 0.3) is 0 Å². The summed E-state index contributed by atoms with van der Waals surface area (Å²) in [5, 5.41) is 3.01. The predicted molar refractivity (Wildman–Crippen MR) is 64.1 cm³/mol. The van der Waals surface area contributed by atoms with E-state index in [0.717, 1.165) is 5.56 Å². The van der Waals surface area contributed by atoms with Crippen molar-refractivity contribution in [3.63, 3.8) is 0 Å². The molecule has 1 aromatic rings. The number of benzene rings is 1. The topological polar surface area (TPSA) is 81.4 Å². The molecule has 0 saturated carbocycles. The van der Waals surface area contributed by atoms with E-state index in [1.807, 2.05) is 0 Å². The maximum atomic E-state index is 12.2. The first-order chi connectivity index (χ1) is 8.14. The van der Waals surface area contributed by atoms with E-state index < -0.39 is 15.3 Å². The van der Waals surface area contributed by atoms with E-state index in [-0.39, 0.29) is 4.90 Å². The van der Waals surface area contributed by atoms with E-state index in [2.05, 4.69) is 5.32 Å². The molecule has 1 aliphatic heterocycles. The van der Waals surface area contributed by atoms with Gasteiger partial charge >= 0.3 is 0 Å². The molecule has 0 amide bonds. The van der Waals surface area contributed by atoms with Crippen LogP contribution < -0.4 is 11.1 Å². The molecule has 1 heterocycles. The summed E-state index contributed by atoms with van der Waals surface area (Å²) < 4.78 is 29.8. The molecule has 0 radical (unpaired) electrons. The molecule has 1 fully saturated rings. The average Bonchev–Trinajstić information content (AvgIpc) is 2.40. The van der Waals surface area contributed by atoms with Crippen molar-refractivity contribution in [3.8, 4) is 0 Å². The van der Waals surface area contributed by atoms with Crippen LogP contribution in [0, 0.1) is 0 Å². The molecule has 0 aromatic heterocycles. The number of ether oxygens (including phenoxy) is 1. The molecule has 1 unspecified atom stereocenters. The normalized spacial score (nSPS) is 21.4. The monoisotopic (exact) mass is 256 g/mol. The molecule has 1 saturated heterocycles. The molecular weight excluding hydrogens is 240 g/mol. The first-order valence-corrected chi connectivity index (χ1v) is 7.04. The Labute approximate surface area is 101 Å². The Morgan fingerprint density at radius 2 is 2.29 bits per heavy atom. The summed E-state index contributed by atoms with van der Waals surface area (Å²) in [5.41, 5.74) is 5.50. The highest BCUT2D eigenvalue weighted by Crippen LogP contribution is 2.19. The average molecular weight is 256 g/mol. The number of morpholine rings is 1. The smallest absolute Gasteiger partial charge is 0.206 e. The third kappa shape index (κ3) is 2.66. The van der Waals surface area contributed by atoms with E-state index in [1.54, 1.807) is 24.3 Å². The van der Waals surface area contributed by atoms with Crippen LogP contribution >= 0.6 is 0 Å². The Morgan fingerprint density at radius 1 is 1.47 bits per heavy atom. The van der Waals surface area contributed by atoms with Crippen LogP contribution in [0.4, 0.5) is 0 Å². The molecule has 0 aliphatic carbocycles. The zero-order chi connectivity index (χ0) is 12.3. The van der Waals surface area contributed by atoms with Gasteiger partial charge in [-0.3, -0.25) is 0 Å². The van der Waals surface area contributed by atoms with Gasteiger partial charge in [0.2, 0.25) is 9.84 Å². The molecule has 94 valence electrons. The summed E-state index contributed by atoms with van der Waals surface area (Å²) in [6.45, 7) is 1.76. The molecule has 1 atom stereocenters. The number of nitrogens with two attached hydrogens (primary N) is 1. The molecular formula is C11H16N2O3S. The fourth-order valence-electron chi connectivity index (χ4n) is 1.74. The molecule has 1 aromatic carbocycles. The van der Waals surface area contributed by atoms with Crippen molar-refractivity contribution < 1.29 is 13.2 Å². The van der Waals surface area contributed by atoms with E-state index in [0.29, 0.717) is 26.2 Å². The van der Waals surface area contributed by atoms with E-state index in [4.69, 9.17) is 10.5 Å². The fourth-order valence-corrected chi connectivity index (χ4v) is 3.24. The highest BCUT2D eigenvalue weighted by Gasteiger charge is 2.29. The van der Waals surface area contributed by atoms with Crippen LogP contribution in [0.3, 0.4) is 0 Å². The number of sulfone groups is 1. The van der Waals surface area contributed by atoms with Gasteiger partial charge in [0.15, 0.2) is 5.44 Å². The lowest BCUT2D eigenvalue weighted by Crippen LogP contribution is -2.43. The third-order valence-electron chi connectivity index (χ3n) is 2.70. The minimum absolute atomic E-state index is 0.272. The largest absolute Gasteiger partial charge is 0.359 e. The van der Waals surface area contributed by atoms with E-state index >= 15 is 0 Å². The van der Waals surface area contributed by atoms with Gasteiger partial charge in [0.1, 0.15) is 0 Å². The molecule has 0 bridgehead atoms. The van der Waals surface area contributed by atoms with Crippen LogP contribution in [-0.2, 0) is 21.1 Å². The van der Waals surface area contributed by atoms with Gasteiger partial charge in [-0.2, -0.15) is 0 Å². The minimum Gasteiger partial charge on any atom is -0.359 e. The van der Waals surface area contributed by atoms with Crippen molar-refractivity contribution in [2.75, 3.05) is 19.7 Å². The van der Waals surface area contributed by atoms with Gasteiger partial charge in [0, 0.05) is 19.6 Å².